The van der Waals surface area contributed by atoms with Crippen LogP contribution in [0.5, 0.6) is 0 Å². The predicted octanol–water partition coefficient (Wildman–Crippen LogP) is 3.41. The van der Waals surface area contributed by atoms with Gasteiger partial charge in [-0.3, -0.25) is 4.79 Å². The van der Waals surface area contributed by atoms with Gasteiger partial charge in [-0.15, -0.1) is 0 Å². The molecule has 3 aromatic rings. The van der Waals surface area contributed by atoms with Gasteiger partial charge < -0.3 is 10.2 Å². The van der Waals surface area contributed by atoms with E-state index in [0.29, 0.717) is 17.1 Å². The molecular formula is C24H24ClN2O+. The molecule has 4 heteroatoms. The van der Waals surface area contributed by atoms with Crippen molar-refractivity contribution in [1.82, 2.24) is 5.32 Å². The normalized spacial score (nSPS) is 15.7. The second kappa shape index (κ2) is 8.59. The third-order valence-corrected chi connectivity index (χ3v) is 5.60. The second-order valence-corrected chi connectivity index (χ2v) is 7.81. The molecule has 3 aromatic carbocycles. The van der Waals surface area contributed by atoms with Crippen LogP contribution in [0.25, 0.3) is 0 Å². The van der Waals surface area contributed by atoms with Crippen molar-refractivity contribution in [2.24, 2.45) is 0 Å². The number of rotatable bonds is 5. The summed E-state index contributed by atoms with van der Waals surface area (Å²) in [7, 11) is 0. The lowest BCUT2D eigenvalue weighted by Crippen LogP contribution is -3.10. The molecule has 1 aliphatic heterocycles. The average molecular weight is 392 g/mol. The molecule has 1 aliphatic rings. The number of hydrogen-bond donors (Lipinski definition) is 2. The quantitative estimate of drug-likeness (QED) is 0.686. The first kappa shape index (κ1) is 18.7. The molecule has 0 fully saturated rings. The number of carbonyl (C=O) groups is 1. The molecule has 0 aromatic heterocycles. The Labute approximate surface area is 171 Å². The predicted molar refractivity (Wildman–Crippen MR) is 112 cm³/mol. The Morgan fingerprint density at radius 2 is 1.57 bits per heavy atom. The highest BCUT2D eigenvalue weighted by atomic mass is 35.5. The van der Waals surface area contributed by atoms with Gasteiger partial charge in [0.2, 0.25) is 0 Å². The van der Waals surface area contributed by atoms with Gasteiger partial charge in [0.15, 0.2) is 0 Å². The van der Waals surface area contributed by atoms with Crippen LogP contribution in [0.1, 0.15) is 32.6 Å². The number of quaternary nitrogens is 1. The molecule has 0 bridgehead atoms. The van der Waals surface area contributed by atoms with Crippen molar-refractivity contribution in [3.05, 3.63) is 106 Å². The van der Waals surface area contributed by atoms with Gasteiger partial charge in [-0.05, 0) is 35.4 Å². The Hall–Kier alpha value is -2.62. The summed E-state index contributed by atoms with van der Waals surface area (Å²) in [6.07, 6.45) is 1.14. The van der Waals surface area contributed by atoms with Crippen molar-refractivity contribution >= 4 is 17.5 Å². The van der Waals surface area contributed by atoms with Gasteiger partial charge in [0.05, 0.1) is 6.54 Å². The summed E-state index contributed by atoms with van der Waals surface area (Å²) in [5.74, 6) is -0.0549. The van der Waals surface area contributed by atoms with E-state index in [1.54, 1.807) is 4.90 Å². The zero-order chi connectivity index (χ0) is 19.3. The Kier molecular flexibility index (Phi) is 5.75. The van der Waals surface area contributed by atoms with Crippen LogP contribution >= 0.6 is 11.6 Å². The third-order valence-electron chi connectivity index (χ3n) is 5.34. The van der Waals surface area contributed by atoms with E-state index in [-0.39, 0.29) is 5.91 Å². The monoisotopic (exact) mass is 391 g/mol. The largest absolute Gasteiger partial charge is 0.348 e. The SMILES string of the molecule is O=C(NCc1ccc(Cl)cc1)c1ccc(C[NH+]2CCc3ccccc3C2)cc1. The first-order valence-electron chi connectivity index (χ1n) is 9.69. The topological polar surface area (TPSA) is 33.5 Å². The summed E-state index contributed by atoms with van der Waals surface area (Å²) in [4.78, 5) is 13.9. The molecular weight excluding hydrogens is 368 g/mol. The summed E-state index contributed by atoms with van der Waals surface area (Å²) in [6, 6.07) is 24.2. The molecule has 1 heterocycles. The molecule has 1 amide bonds. The van der Waals surface area contributed by atoms with Crippen LogP contribution in [0.2, 0.25) is 5.02 Å². The van der Waals surface area contributed by atoms with Crippen molar-refractivity contribution in [1.29, 1.82) is 0 Å². The van der Waals surface area contributed by atoms with Gasteiger partial charge >= 0.3 is 0 Å². The summed E-state index contributed by atoms with van der Waals surface area (Å²) < 4.78 is 0. The van der Waals surface area contributed by atoms with E-state index in [1.807, 2.05) is 36.4 Å². The van der Waals surface area contributed by atoms with Gasteiger partial charge in [-0.25, -0.2) is 0 Å². The standard InChI is InChI=1S/C24H23ClN2O/c25-23-11-7-18(8-12-23)15-26-24(28)21-9-5-19(6-10-21)16-27-14-13-20-3-1-2-4-22(20)17-27/h1-12H,13-17H2,(H,26,28)/p+1. The van der Waals surface area contributed by atoms with Crippen LogP contribution in [0.15, 0.2) is 72.8 Å². The highest BCUT2D eigenvalue weighted by Gasteiger charge is 2.19. The second-order valence-electron chi connectivity index (χ2n) is 7.38. The van der Waals surface area contributed by atoms with Crippen molar-refractivity contribution < 1.29 is 9.69 Å². The molecule has 3 nitrogen and oxygen atoms in total. The first-order valence-corrected chi connectivity index (χ1v) is 10.1. The van der Waals surface area contributed by atoms with Gasteiger partial charge in [0.1, 0.15) is 13.1 Å². The lowest BCUT2D eigenvalue weighted by atomic mass is 9.99. The van der Waals surface area contributed by atoms with Crippen LogP contribution in [-0.4, -0.2) is 12.5 Å². The lowest BCUT2D eigenvalue weighted by molar-refractivity contribution is -0.929. The van der Waals surface area contributed by atoms with Crippen LogP contribution in [0.4, 0.5) is 0 Å². The summed E-state index contributed by atoms with van der Waals surface area (Å²) in [5, 5.41) is 3.66. The number of hydrogen-bond acceptors (Lipinski definition) is 1. The number of fused-ring (bicyclic) bond motifs is 1. The van der Waals surface area contributed by atoms with Crippen LogP contribution in [-0.2, 0) is 26.1 Å². The van der Waals surface area contributed by atoms with E-state index >= 15 is 0 Å². The number of amides is 1. The van der Waals surface area contributed by atoms with Gasteiger partial charge in [-0.1, -0.05) is 60.1 Å². The van der Waals surface area contributed by atoms with Gasteiger partial charge in [-0.2, -0.15) is 0 Å². The molecule has 0 radical (unpaired) electrons. The molecule has 1 unspecified atom stereocenters. The Morgan fingerprint density at radius 1 is 0.893 bits per heavy atom. The summed E-state index contributed by atoms with van der Waals surface area (Å²) in [5.41, 5.74) is 5.93. The molecule has 142 valence electrons. The molecule has 0 aliphatic carbocycles. The van der Waals surface area contributed by atoms with E-state index in [0.717, 1.165) is 31.6 Å². The molecule has 1 atom stereocenters. The van der Waals surface area contributed by atoms with Crippen molar-refractivity contribution in [2.45, 2.75) is 26.1 Å². The van der Waals surface area contributed by atoms with E-state index in [2.05, 4.69) is 41.7 Å². The van der Waals surface area contributed by atoms with Crippen LogP contribution in [0.3, 0.4) is 0 Å². The number of carbonyl (C=O) groups excluding carboxylic acids is 1. The molecule has 28 heavy (non-hydrogen) atoms. The van der Waals surface area contributed by atoms with E-state index < -0.39 is 0 Å². The fourth-order valence-corrected chi connectivity index (χ4v) is 3.87. The minimum absolute atomic E-state index is 0.0549. The third kappa shape index (κ3) is 4.61. The zero-order valence-electron chi connectivity index (χ0n) is 15.7. The van der Waals surface area contributed by atoms with Crippen molar-refractivity contribution in [3.8, 4) is 0 Å². The molecule has 0 saturated heterocycles. The Bertz CT molecular complexity index is 951. The highest BCUT2D eigenvalue weighted by molar-refractivity contribution is 6.30. The van der Waals surface area contributed by atoms with E-state index in [9.17, 15) is 4.79 Å². The molecule has 4 rings (SSSR count). The fourth-order valence-electron chi connectivity index (χ4n) is 3.74. The van der Waals surface area contributed by atoms with Crippen molar-refractivity contribution in [3.63, 3.8) is 0 Å². The van der Waals surface area contributed by atoms with Crippen molar-refractivity contribution in [2.75, 3.05) is 6.54 Å². The number of nitrogens with one attached hydrogen (secondary N) is 2. The average Bonchev–Trinajstić information content (AvgIpc) is 2.73. The van der Waals surface area contributed by atoms with Gasteiger partial charge in [0, 0.05) is 34.7 Å². The van der Waals surface area contributed by atoms with Gasteiger partial charge in [0.25, 0.3) is 5.91 Å². The number of halogens is 1. The first-order chi connectivity index (χ1) is 13.7. The molecule has 0 saturated carbocycles. The molecule has 0 spiro atoms. The molecule has 2 N–H and O–H groups in total. The van der Waals surface area contributed by atoms with E-state index in [1.165, 1.54) is 16.7 Å². The fraction of sp³-hybridized carbons (Fsp3) is 0.208. The minimum atomic E-state index is -0.0549. The zero-order valence-corrected chi connectivity index (χ0v) is 16.5. The van der Waals surface area contributed by atoms with E-state index in [4.69, 9.17) is 11.6 Å². The maximum absolute atomic E-state index is 12.4. The summed E-state index contributed by atoms with van der Waals surface area (Å²) in [6.45, 7) is 3.70. The highest BCUT2D eigenvalue weighted by Crippen LogP contribution is 2.12. The van der Waals surface area contributed by atoms with Crippen LogP contribution < -0.4 is 10.2 Å². The maximum atomic E-state index is 12.4. The number of benzene rings is 3. The Morgan fingerprint density at radius 3 is 2.32 bits per heavy atom. The lowest BCUT2D eigenvalue weighted by Gasteiger charge is -2.26. The smallest absolute Gasteiger partial charge is 0.251 e. The summed E-state index contributed by atoms with van der Waals surface area (Å²) >= 11 is 5.89. The maximum Gasteiger partial charge on any atom is 0.251 e. The van der Waals surface area contributed by atoms with Crippen LogP contribution in [0, 0.1) is 0 Å². The minimum Gasteiger partial charge on any atom is -0.348 e. The Balaban J connectivity index is 1.32.